The molecule has 0 saturated carbocycles. The standard InChI is InChI=1S/C12H18N6/c1-9-7-15-18(8-9)5-4-14-11-6-10(2)16-12(13-3)17-11/h6-8H,4-5H2,1-3H3,(H2,13,14,16,17). The van der Waals surface area contributed by atoms with Crippen LogP contribution in [0.2, 0.25) is 0 Å². The van der Waals surface area contributed by atoms with Gasteiger partial charge in [-0.05, 0) is 19.4 Å². The Balaban J connectivity index is 1.91. The van der Waals surface area contributed by atoms with Gasteiger partial charge in [0.15, 0.2) is 0 Å². The fourth-order valence-electron chi connectivity index (χ4n) is 1.66. The molecule has 96 valence electrons. The molecule has 0 aliphatic heterocycles. The second-order valence-corrected chi connectivity index (χ2v) is 4.18. The minimum atomic E-state index is 0.632. The third kappa shape index (κ3) is 3.19. The molecule has 0 unspecified atom stereocenters. The van der Waals surface area contributed by atoms with E-state index in [1.54, 1.807) is 0 Å². The van der Waals surface area contributed by atoms with Crippen LogP contribution < -0.4 is 10.6 Å². The molecule has 2 aromatic heterocycles. The summed E-state index contributed by atoms with van der Waals surface area (Å²) in [7, 11) is 1.81. The van der Waals surface area contributed by atoms with Crippen molar-refractivity contribution in [3.05, 3.63) is 29.7 Å². The van der Waals surface area contributed by atoms with Crippen LogP contribution in [0.15, 0.2) is 18.5 Å². The van der Waals surface area contributed by atoms with Gasteiger partial charge in [-0.15, -0.1) is 0 Å². The SMILES string of the molecule is CNc1nc(C)cc(NCCn2cc(C)cn2)n1. The predicted octanol–water partition coefficient (Wildman–Crippen LogP) is 1.44. The first kappa shape index (κ1) is 12.3. The van der Waals surface area contributed by atoms with Gasteiger partial charge in [0.1, 0.15) is 5.82 Å². The van der Waals surface area contributed by atoms with Gasteiger partial charge in [-0.3, -0.25) is 4.68 Å². The summed E-state index contributed by atoms with van der Waals surface area (Å²) in [4.78, 5) is 8.57. The van der Waals surface area contributed by atoms with Gasteiger partial charge in [-0.2, -0.15) is 10.1 Å². The maximum absolute atomic E-state index is 4.33. The van der Waals surface area contributed by atoms with Crippen LogP contribution in [0.5, 0.6) is 0 Å². The lowest BCUT2D eigenvalue weighted by atomic mass is 10.4. The highest BCUT2D eigenvalue weighted by Crippen LogP contribution is 2.08. The van der Waals surface area contributed by atoms with Gasteiger partial charge in [-0.25, -0.2) is 4.98 Å². The Labute approximate surface area is 106 Å². The average Bonchev–Trinajstić information content (AvgIpc) is 2.74. The van der Waals surface area contributed by atoms with Gasteiger partial charge >= 0.3 is 0 Å². The number of hydrogen-bond acceptors (Lipinski definition) is 5. The molecule has 0 atom stereocenters. The third-order valence-electron chi connectivity index (χ3n) is 2.49. The third-order valence-corrected chi connectivity index (χ3v) is 2.49. The van der Waals surface area contributed by atoms with Crippen molar-refractivity contribution in [3.63, 3.8) is 0 Å². The second-order valence-electron chi connectivity index (χ2n) is 4.18. The molecule has 2 N–H and O–H groups in total. The zero-order valence-electron chi connectivity index (χ0n) is 10.9. The van der Waals surface area contributed by atoms with Crippen molar-refractivity contribution >= 4 is 11.8 Å². The van der Waals surface area contributed by atoms with E-state index in [9.17, 15) is 0 Å². The normalized spacial score (nSPS) is 10.4. The van der Waals surface area contributed by atoms with Crippen molar-refractivity contribution in [3.8, 4) is 0 Å². The van der Waals surface area contributed by atoms with Crippen LogP contribution in [0.25, 0.3) is 0 Å². The fraction of sp³-hybridized carbons (Fsp3) is 0.417. The summed E-state index contributed by atoms with van der Waals surface area (Å²) in [6.07, 6.45) is 3.87. The Bertz CT molecular complexity index is 519. The second kappa shape index (κ2) is 5.48. The number of rotatable bonds is 5. The van der Waals surface area contributed by atoms with Crippen LogP contribution >= 0.6 is 0 Å². The molecule has 2 rings (SSSR count). The highest BCUT2D eigenvalue weighted by molar-refractivity contribution is 5.41. The fourth-order valence-corrected chi connectivity index (χ4v) is 1.66. The van der Waals surface area contributed by atoms with Crippen molar-refractivity contribution in [2.75, 3.05) is 24.2 Å². The number of aryl methyl sites for hydroxylation is 2. The number of nitrogens with zero attached hydrogens (tertiary/aromatic N) is 4. The van der Waals surface area contributed by atoms with E-state index in [0.717, 1.165) is 24.6 Å². The van der Waals surface area contributed by atoms with E-state index < -0.39 is 0 Å². The minimum absolute atomic E-state index is 0.632. The molecule has 0 radical (unpaired) electrons. The summed E-state index contributed by atoms with van der Waals surface area (Å²) in [5.74, 6) is 1.46. The summed E-state index contributed by atoms with van der Waals surface area (Å²) in [6, 6.07) is 1.93. The molecule has 0 aliphatic rings. The Morgan fingerprint density at radius 2 is 2.11 bits per heavy atom. The molecule has 6 nitrogen and oxygen atoms in total. The summed E-state index contributed by atoms with van der Waals surface area (Å²) in [5, 5.41) is 10.4. The van der Waals surface area contributed by atoms with Gasteiger partial charge in [0.2, 0.25) is 5.95 Å². The molecule has 0 amide bonds. The topological polar surface area (TPSA) is 67.7 Å². The molecule has 6 heteroatoms. The van der Waals surface area contributed by atoms with Crippen molar-refractivity contribution in [2.24, 2.45) is 0 Å². The van der Waals surface area contributed by atoms with E-state index in [4.69, 9.17) is 0 Å². The Morgan fingerprint density at radius 3 is 2.78 bits per heavy atom. The number of aromatic nitrogens is 4. The lowest BCUT2D eigenvalue weighted by Crippen LogP contribution is -2.12. The summed E-state index contributed by atoms with van der Waals surface area (Å²) >= 11 is 0. The van der Waals surface area contributed by atoms with Gasteiger partial charge in [0.05, 0.1) is 12.7 Å². The van der Waals surface area contributed by atoms with Crippen LogP contribution in [-0.2, 0) is 6.54 Å². The maximum atomic E-state index is 4.33. The van der Waals surface area contributed by atoms with E-state index in [0.29, 0.717) is 5.95 Å². The zero-order valence-corrected chi connectivity index (χ0v) is 10.9. The molecule has 0 fully saturated rings. The molecule has 0 aliphatic carbocycles. The summed E-state index contributed by atoms with van der Waals surface area (Å²) in [6.45, 7) is 5.57. The van der Waals surface area contributed by atoms with Gasteiger partial charge in [0.25, 0.3) is 0 Å². The molecular weight excluding hydrogens is 228 g/mol. The number of anilines is 2. The average molecular weight is 246 g/mol. The zero-order chi connectivity index (χ0) is 13.0. The molecule has 0 spiro atoms. The first-order valence-electron chi connectivity index (χ1n) is 5.94. The molecule has 0 aromatic carbocycles. The number of hydrogen-bond donors (Lipinski definition) is 2. The lowest BCUT2D eigenvalue weighted by Gasteiger charge is -2.08. The Kier molecular flexibility index (Phi) is 3.76. The summed E-state index contributed by atoms with van der Waals surface area (Å²) in [5.41, 5.74) is 2.11. The van der Waals surface area contributed by atoms with E-state index in [2.05, 4.69) is 25.7 Å². The Hall–Kier alpha value is -2.11. The number of nitrogens with one attached hydrogen (secondary N) is 2. The van der Waals surface area contributed by atoms with Crippen LogP contribution in [0, 0.1) is 13.8 Å². The van der Waals surface area contributed by atoms with Crippen molar-refractivity contribution in [2.45, 2.75) is 20.4 Å². The van der Waals surface area contributed by atoms with Crippen molar-refractivity contribution < 1.29 is 0 Å². The van der Waals surface area contributed by atoms with E-state index >= 15 is 0 Å². The van der Waals surface area contributed by atoms with Gasteiger partial charge in [-0.1, -0.05) is 0 Å². The van der Waals surface area contributed by atoms with Gasteiger partial charge < -0.3 is 10.6 Å². The van der Waals surface area contributed by atoms with Crippen LogP contribution in [-0.4, -0.2) is 33.3 Å². The van der Waals surface area contributed by atoms with E-state index in [1.807, 2.05) is 44.0 Å². The highest BCUT2D eigenvalue weighted by Gasteiger charge is 2.00. The molecular formula is C12H18N6. The first-order chi connectivity index (χ1) is 8.67. The molecule has 2 aromatic rings. The lowest BCUT2D eigenvalue weighted by molar-refractivity contribution is 0.636. The molecule has 2 heterocycles. The van der Waals surface area contributed by atoms with Gasteiger partial charge in [0, 0.05) is 31.5 Å². The highest BCUT2D eigenvalue weighted by atomic mass is 15.3. The van der Waals surface area contributed by atoms with Crippen molar-refractivity contribution in [1.82, 2.24) is 19.7 Å². The maximum Gasteiger partial charge on any atom is 0.224 e. The Morgan fingerprint density at radius 1 is 1.28 bits per heavy atom. The first-order valence-corrected chi connectivity index (χ1v) is 5.94. The monoisotopic (exact) mass is 246 g/mol. The quantitative estimate of drug-likeness (QED) is 0.835. The minimum Gasteiger partial charge on any atom is -0.368 e. The van der Waals surface area contributed by atoms with Crippen LogP contribution in [0.4, 0.5) is 11.8 Å². The smallest absolute Gasteiger partial charge is 0.224 e. The van der Waals surface area contributed by atoms with Crippen LogP contribution in [0.1, 0.15) is 11.3 Å². The predicted molar refractivity (Wildman–Crippen MR) is 71.8 cm³/mol. The largest absolute Gasteiger partial charge is 0.368 e. The van der Waals surface area contributed by atoms with Crippen molar-refractivity contribution in [1.29, 1.82) is 0 Å². The molecule has 0 bridgehead atoms. The summed E-state index contributed by atoms with van der Waals surface area (Å²) < 4.78 is 1.91. The molecule has 18 heavy (non-hydrogen) atoms. The molecule has 0 saturated heterocycles. The van der Waals surface area contributed by atoms with E-state index in [-0.39, 0.29) is 0 Å². The van der Waals surface area contributed by atoms with Crippen LogP contribution in [0.3, 0.4) is 0 Å². The van der Waals surface area contributed by atoms with E-state index in [1.165, 1.54) is 5.56 Å².